The molecular formula is C25H34FN5O3. The number of aryl methyl sites for hydroxylation is 2. The van der Waals surface area contributed by atoms with Crippen molar-refractivity contribution in [3.8, 4) is 17.2 Å². The van der Waals surface area contributed by atoms with Gasteiger partial charge < -0.3 is 24.2 Å². The van der Waals surface area contributed by atoms with Gasteiger partial charge in [-0.25, -0.2) is 9.37 Å². The van der Waals surface area contributed by atoms with Crippen LogP contribution in [-0.2, 0) is 4.74 Å². The molecule has 0 radical (unpaired) electrons. The molecule has 3 heterocycles. The second-order valence-corrected chi connectivity index (χ2v) is 9.20. The fourth-order valence-corrected chi connectivity index (χ4v) is 4.84. The molecule has 1 aliphatic heterocycles. The predicted octanol–water partition coefficient (Wildman–Crippen LogP) is 4.42. The van der Waals surface area contributed by atoms with Crippen molar-refractivity contribution in [1.82, 2.24) is 20.4 Å². The average Bonchev–Trinajstić information content (AvgIpc) is 3.23. The molecule has 0 bridgehead atoms. The number of piperidine rings is 1. The number of nitrogens with one attached hydrogen (secondary N) is 1. The van der Waals surface area contributed by atoms with Crippen LogP contribution < -0.4 is 15.0 Å². The van der Waals surface area contributed by atoms with Crippen molar-refractivity contribution < 1.29 is 18.4 Å². The largest absolute Gasteiger partial charge is 0.497 e. The lowest BCUT2D eigenvalue weighted by molar-refractivity contribution is 0.180. The third-order valence-electron chi connectivity index (χ3n) is 6.66. The summed E-state index contributed by atoms with van der Waals surface area (Å²) in [4.78, 5) is 11.6. The van der Waals surface area contributed by atoms with Gasteiger partial charge in [0.25, 0.3) is 5.89 Å². The molecule has 0 unspecified atom stereocenters. The zero-order valence-corrected chi connectivity index (χ0v) is 20.8. The zero-order valence-electron chi connectivity index (χ0n) is 20.8. The molecule has 3 aromatic rings. The van der Waals surface area contributed by atoms with Gasteiger partial charge >= 0.3 is 0 Å². The average molecular weight is 472 g/mol. The molecule has 184 valence electrons. The highest BCUT2D eigenvalue weighted by Crippen LogP contribution is 2.39. The molecule has 2 aromatic heterocycles. The SMILES string of the molecule is COCC[C@@H](C)N[C@@H]1CCN(c2nc3c(F)cc(OC)cc3c(C)c2-c2nc(C)no2)[C@@H](C)C1. The van der Waals surface area contributed by atoms with Gasteiger partial charge in [0.15, 0.2) is 11.6 Å². The minimum Gasteiger partial charge on any atom is -0.497 e. The number of rotatable bonds is 8. The lowest BCUT2D eigenvalue weighted by Crippen LogP contribution is -2.50. The minimum atomic E-state index is -0.414. The van der Waals surface area contributed by atoms with Crippen LogP contribution in [0.5, 0.6) is 5.75 Å². The second kappa shape index (κ2) is 10.2. The summed E-state index contributed by atoms with van der Waals surface area (Å²) in [6.07, 6.45) is 2.87. The minimum absolute atomic E-state index is 0.189. The topological polar surface area (TPSA) is 85.5 Å². The molecule has 1 aromatic carbocycles. The first kappa shape index (κ1) is 24.3. The van der Waals surface area contributed by atoms with Crippen molar-refractivity contribution in [3.63, 3.8) is 0 Å². The Morgan fingerprint density at radius 3 is 2.71 bits per heavy atom. The summed E-state index contributed by atoms with van der Waals surface area (Å²) in [6, 6.07) is 4.14. The lowest BCUT2D eigenvalue weighted by Gasteiger charge is -2.40. The lowest BCUT2D eigenvalue weighted by atomic mass is 9.95. The van der Waals surface area contributed by atoms with Gasteiger partial charge in [-0.2, -0.15) is 4.98 Å². The molecule has 1 fully saturated rings. The third kappa shape index (κ3) is 4.86. The molecule has 1 N–H and O–H groups in total. The van der Waals surface area contributed by atoms with Crippen LogP contribution >= 0.6 is 0 Å². The van der Waals surface area contributed by atoms with E-state index in [-0.39, 0.29) is 6.04 Å². The monoisotopic (exact) mass is 471 g/mol. The third-order valence-corrected chi connectivity index (χ3v) is 6.66. The Hall–Kier alpha value is -2.78. The highest BCUT2D eigenvalue weighted by atomic mass is 19.1. The molecule has 4 rings (SSSR count). The highest BCUT2D eigenvalue weighted by Gasteiger charge is 2.31. The standard InChI is InChI=1S/C25H34FN5O3/c1-14(8-10-32-5)27-18-7-9-31(15(2)11-18)24-22(25-28-17(4)30-34-25)16(3)20-12-19(33-6)13-21(26)23(20)29-24/h12-15,18,27H,7-11H2,1-6H3/t14-,15+,18-/m1/s1. The number of nitrogens with zero attached hydrogens (tertiary/aromatic N) is 4. The van der Waals surface area contributed by atoms with Crippen molar-refractivity contribution in [2.45, 2.75) is 65.1 Å². The van der Waals surface area contributed by atoms with E-state index in [1.54, 1.807) is 20.1 Å². The molecule has 0 aliphatic carbocycles. The Kier molecular flexibility index (Phi) is 7.33. The van der Waals surface area contributed by atoms with E-state index < -0.39 is 5.82 Å². The Morgan fingerprint density at radius 2 is 2.06 bits per heavy atom. The van der Waals surface area contributed by atoms with Gasteiger partial charge in [-0.05, 0) is 58.6 Å². The van der Waals surface area contributed by atoms with Crippen molar-refractivity contribution in [3.05, 3.63) is 29.3 Å². The van der Waals surface area contributed by atoms with Crippen LogP contribution in [0.15, 0.2) is 16.7 Å². The van der Waals surface area contributed by atoms with Gasteiger partial charge in [-0.3, -0.25) is 0 Å². The van der Waals surface area contributed by atoms with Crippen LogP contribution in [0.1, 0.15) is 44.5 Å². The maximum Gasteiger partial charge on any atom is 0.261 e. The van der Waals surface area contributed by atoms with Gasteiger partial charge in [0.1, 0.15) is 17.1 Å². The highest BCUT2D eigenvalue weighted by molar-refractivity contribution is 5.93. The van der Waals surface area contributed by atoms with Crippen molar-refractivity contribution in [2.75, 3.05) is 32.3 Å². The number of benzene rings is 1. The van der Waals surface area contributed by atoms with Crippen LogP contribution in [0.3, 0.4) is 0 Å². The first-order valence-electron chi connectivity index (χ1n) is 11.8. The smallest absolute Gasteiger partial charge is 0.261 e. The summed E-state index contributed by atoms with van der Waals surface area (Å²) in [7, 11) is 3.25. The summed E-state index contributed by atoms with van der Waals surface area (Å²) in [5, 5.41) is 8.38. The quantitative estimate of drug-likeness (QED) is 0.517. The fourth-order valence-electron chi connectivity index (χ4n) is 4.84. The second-order valence-electron chi connectivity index (χ2n) is 9.20. The molecule has 3 atom stereocenters. The number of ether oxygens (including phenoxy) is 2. The van der Waals surface area contributed by atoms with Gasteiger partial charge in [0.05, 0.1) is 12.7 Å². The molecule has 34 heavy (non-hydrogen) atoms. The number of halogens is 1. The van der Waals surface area contributed by atoms with E-state index >= 15 is 4.39 Å². The number of pyridine rings is 1. The van der Waals surface area contributed by atoms with Gasteiger partial charge in [-0.1, -0.05) is 5.16 Å². The summed E-state index contributed by atoms with van der Waals surface area (Å²) in [5.74, 6) is 1.64. The van der Waals surface area contributed by atoms with Crippen LogP contribution in [-0.4, -0.2) is 60.6 Å². The van der Waals surface area contributed by atoms with E-state index in [1.165, 1.54) is 13.2 Å². The van der Waals surface area contributed by atoms with E-state index in [0.29, 0.717) is 46.3 Å². The first-order chi connectivity index (χ1) is 16.3. The van der Waals surface area contributed by atoms with Crippen LogP contribution in [0, 0.1) is 19.7 Å². The molecule has 9 heteroatoms. The number of hydrogen-bond acceptors (Lipinski definition) is 8. The molecule has 0 amide bonds. The van der Waals surface area contributed by atoms with Crippen LogP contribution in [0.2, 0.25) is 0 Å². The summed E-state index contributed by atoms with van der Waals surface area (Å²) in [6.45, 7) is 9.62. The van der Waals surface area contributed by atoms with Crippen molar-refractivity contribution in [2.24, 2.45) is 0 Å². The number of aromatic nitrogens is 3. The van der Waals surface area contributed by atoms with E-state index in [4.69, 9.17) is 19.0 Å². The van der Waals surface area contributed by atoms with Gasteiger partial charge in [-0.15, -0.1) is 0 Å². The zero-order chi connectivity index (χ0) is 24.4. The summed E-state index contributed by atoms with van der Waals surface area (Å²) < 4.78 is 31.1. The molecule has 0 saturated carbocycles. The Labute approximate surface area is 199 Å². The molecule has 0 spiro atoms. The van der Waals surface area contributed by atoms with E-state index in [1.807, 2.05) is 6.92 Å². The summed E-state index contributed by atoms with van der Waals surface area (Å²) in [5.41, 5.74) is 1.89. The fraction of sp³-hybridized carbons (Fsp3) is 0.560. The molecule has 1 aliphatic rings. The van der Waals surface area contributed by atoms with E-state index in [2.05, 4.69) is 34.2 Å². The molecule has 8 nitrogen and oxygen atoms in total. The van der Waals surface area contributed by atoms with Gasteiger partial charge in [0, 0.05) is 49.8 Å². The Morgan fingerprint density at radius 1 is 1.26 bits per heavy atom. The van der Waals surface area contributed by atoms with Crippen molar-refractivity contribution >= 4 is 16.7 Å². The first-order valence-corrected chi connectivity index (χ1v) is 11.8. The number of fused-ring (bicyclic) bond motifs is 1. The maximum absolute atomic E-state index is 15.1. The Balaban J connectivity index is 1.72. The number of hydrogen-bond donors (Lipinski definition) is 1. The van der Waals surface area contributed by atoms with Gasteiger partial charge in [0.2, 0.25) is 0 Å². The van der Waals surface area contributed by atoms with Crippen LogP contribution in [0.25, 0.3) is 22.4 Å². The Bertz CT molecular complexity index is 1150. The summed E-state index contributed by atoms with van der Waals surface area (Å²) >= 11 is 0. The normalized spacial score (nSPS) is 19.6. The molecular weight excluding hydrogens is 437 g/mol. The predicted molar refractivity (Wildman–Crippen MR) is 130 cm³/mol. The van der Waals surface area contributed by atoms with E-state index in [9.17, 15) is 0 Å². The number of anilines is 1. The van der Waals surface area contributed by atoms with Crippen LogP contribution in [0.4, 0.5) is 10.2 Å². The number of methoxy groups -OCH3 is 2. The molecule has 1 saturated heterocycles. The van der Waals surface area contributed by atoms with Crippen molar-refractivity contribution in [1.29, 1.82) is 0 Å². The maximum atomic E-state index is 15.1. The van der Waals surface area contributed by atoms with E-state index in [0.717, 1.165) is 43.5 Å².